The van der Waals surface area contributed by atoms with Gasteiger partial charge in [0.2, 0.25) is 0 Å². The summed E-state index contributed by atoms with van der Waals surface area (Å²) in [6.07, 6.45) is 1.70. The molecule has 29 heavy (non-hydrogen) atoms. The number of rotatable bonds is 2. The highest BCUT2D eigenvalue weighted by Crippen LogP contribution is 2.36. The zero-order chi connectivity index (χ0) is 19.8. The highest BCUT2D eigenvalue weighted by Gasteiger charge is 2.25. The predicted molar refractivity (Wildman–Crippen MR) is 114 cm³/mol. The van der Waals surface area contributed by atoms with Crippen LogP contribution in [0.1, 0.15) is 28.2 Å². The molecule has 4 heteroatoms. The molecule has 4 nitrogen and oxygen atoms in total. The molecule has 2 heterocycles. The molecule has 0 saturated heterocycles. The molecule has 0 fully saturated rings. The van der Waals surface area contributed by atoms with Gasteiger partial charge in [0.1, 0.15) is 0 Å². The van der Waals surface area contributed by atoms with Gasteiger partial charge in [0.05, 0.1) is 17.3 Å². The number of nitriles is 1. The van der Waals surface area contributed by atoms with Crippen LogP contribution in [0.3, 0.4) is 0 Å². The second kappa shape index (κ2) is 7.12. The van der Waals surface area contributed by atoms with Crippen LogP contribution in [0, 0.1) is 11.3 Å². The monoisotopic (exact) mass is 376 g/mol. The molecule has 140 valence electrons. The highest BCUT2D eigenvalue weighted by atomic mass is 15.1. The Labute approximate surface area is 170 Å². The molecule has 1 unspecified atom stereocenters. The van der Waals surface area contributed by atoms with Gasteiger partial charge in [-0.15, -0.1) is 0 Å². The standard InChI is InChI=1S/C25H20N4/c1-29-15-22-13-21(25-3-2-10-27-28-25)8-9-23(22)24(16-29)20-7-6-18-11-17(14-26)4-5-19(18)12-20/h2-13,24H,15-16H2,1H3. The van der Waals surface area contributed by atoms with Gasteiger partial charge in [-0.3, -0.25) is 0 Å². The van der Waals surface area contributed by atoms with Gasteiger partial charge >= 0.3 is 0 Å². The van der Waals surface area contributed by atoms with E-state index in [0.29, 0.717) is 11.5 Å². The summed E-state index contributed by atoms with van der Waals surface area (Å²) >= 11 is 0. The summed E-state index contributed by atoms with van der Waals surface area (Å²) in [5, 5.41) is 19.7. The van der Waals surface area contributed by atoms with Gasteiger partial charge in [-0.05, 0) is 64.8 Å². The van der Waals surface area contributed by atoms with Crippen LogP contribution in [0.25, 0.3) is 22.0 Å². The largest absolute Gasteiger partial charge is 0.301 e. The maximum Gasteiger partial charge on any atom is 0.0991 e. The van der Waals surface area contributed by atoms with Crippen molar-refractivity contribution in [3.8, 4) is 17.3 Å². The third-order valence-corrected chi connectivity index (χ3v) is 5.72. The van der Waals surface area contributed by atoms with E-state index in [-0.39, 0.29) is 0 Å². The molecule has 5 rings (SSSR count). The van der Waals surface area contributed by atoms with Gasteiger partial charge in [0.25, 0.3) is 0 Å². The van der Waals surface area contributed by atoms with E-state index in [9.17, 15) is 0 Å². The number of fused-ring (bicyclic) bond motifs is 2. The molecule has 0 saturated carbocycles. The number of likely N-dealkylation sites (N-methyl/N-ethyl adjacent to an activating group) is 1. The van der Waals surface area contributed by atoms with Crippen molar-refractivity contribution in [1.82, 2.24) is 15.1 Å². The molecule has 1 aliphatic rings. The molecule has 0 spiro atoms. The summed E-state index contributed by atoms with van der Waals surface area (Å²) in [7, 11) is 2.17. The first kappa shape index (κ1) is 17.5. The zero-order valence-electron chi connectivity index (χ0n) is 16.2. The summed E-state index contributed by atoms with van der Waals surface area (Å²) in [5.74, 6) is 0.319. The van der Waals surface area contributed by atoms with Crippen LogP contribution in [0.4, 0.5) is 0 Å². The highest BCUT2D eigenvalue weighted by molar-refractivity contribution is 5.84. The first-order chi connectivity index (χ1) is 14.2. The van der Waals surface area contributed by atoms with Crippen LogP contribution in [-0.2, 0) is 6.54 Å². The van der Waals surface area contributed by atoms with E-state index in [2.05, 4.69) is 64.6 Å². The fourth-order valence-corrected chi connectivity index (χ4v) is 4.30. The van der Waals surface area contributed by atoms with Crippen molar-refractivity contribution in [2.45, 2.75) is 12.5 Å². The number of benzene rings is 3. The fraction of sp³-hybridized carbons (Fsp3) is 0.160. The van der Waals surface area contributed by atoms with Crippen molar-refractivity contribution in [3.63, 3.8) is 0 Å². The van der Waals surface area contributed by atoms with Crippen LogP contribution in [0.2, 0.25) is 0 Å². The Balaban J connectivity index is 1.57. The van der Waals surface area contributed by atoms with E-state index in [0.717, 1.165) is 29.7 Å². The van der Waals surface area contributed by atoms with Crippen molar-refractivity contribution in [2.24, 2.45) is 0 Å². The van der Waals surface area contributed by atoms with Gasteiger partial charge in [-0.2, -0.15) is 15.5 Å². The van der Waals surface area contributed by atoms with Crippen molar-refractivity contribution in [2.75, 3.05) is 13.6 Å². The van der Waals surface area contributed by atoms with Gasteiger partial charge in [-0.25, -0.2) is 0 Å². The van der Waals surface area contributed by atoms with Gasteiger partial charge < -0.3 is 4.90 Å². The minimum atomic E-state index is 0.319. The number of hydrogen-bond acceptors (Lipinski definition) is 4. The first-order valence-corrected chi connectivity index (χ1v) is 9.74. The SMILES string of the molecule is CN1Cc2cc(-c3cccnn3)ccc2C(c2ccc3cc(C#N)ccc3c2)C1. The van der Waals surface area contributed by atoms with Crippen molar-refractivity contribution < 1.29 is 0 Å². The van der Waals surface area contributed by atoms with E-state index in [1.807, 2.05) is 30.3 Å². The van der Waals surface area contributed by atoms with Crippen LogP contribution >= 0.6 is 0 Å². The van der Waals surface area contributed by atoms with E-state index >= 15 is 0 Å². The minimum Gasteiger partial charge on any atom is -0.301 e. The summed E-state index contributed by atoms with van der Waals surface area (Å²) in [6.45, 7) is 1.92. The Morgan fingerprint density at radius 3 is 2.69 bits per heavy atom. The normalized spacial score (nSPS) is 16.3. The zero-order valence-corrected chi connectivity index (χ0v) is 16.2. The van der Waals surface area contributed by atoms with E-state index in [1.54, 1.807) is 6.20 Å². The molecule has 0 amide bonds. The Morgan fingerprint density at radius 2 is 1.86 bits per heavy atom. The van der Waals surface area contributed by atoms with E-state index in [1.165, 1.54) is 22.1 Å². The lowest BCUT2D eigenvalue weighted by Crippen LogP contribution is -2.31. The molecule has 0 bridgehead atoms. The summed E-state index contributed by atoms with van der Waals surface area (Å²) in [4.78, 5) is 2.37. The van der Waals surface area contributed by atoms with Crippen LogP contribution in [-0.4, -0.2) is 28.7 Å². The Kier molecular flexibility index (Phi) is 4.31. The smallest absolute Gasteiger partial charge is 0.0991 e. The summed E-state index contributed by atoms with van der Waals surface area (Å²) in [5.41, 5.74) is 6.73. The first-order valence-electron chi connectivity index (χ1n) is 9.74. The number of hydrogen-bond donors (Lipinski definition) is 0. The van der Waals surface area contributed by atoms with Crippen LogP contribution in [0.15, 0.2) is 72.9 Å². The second-order valence-corrected chi connectivity index (χ2v) is 7.70. The predicted octanol–water partition coefficient (Wildman–Crippen LogP) is 4.75. The van der Waals surface area contributed by atoms with Crippen molar-refractivity contribution in [1.29, 1.82) is 5.26 Å². The molecule has 1 atom stereocenters. The topological polar surface area (TPSA) is 52.8 Å². The maximum atomic E-state index is 9.13. The minimum absolute atomic E-state index is 0.319. The third-order valence-electron chi connectivity index (χ3n) is 5.72. The second-order valence-electron chi connectivity index (χ2n) is 7.70. The molecule has 1 aliphatic heterocycles. The maximum absolute atomic E-state index is 9.13. The summed E-state index contributed by atoms with van der Waals surface area (Å²) < 4.78 is 0. The van der Waals surface area contributed by atoms with E-state index < -0.39 is 0 Å². The van der Waals surface area contributed by atoms with Gasteiger partial charge in [0.15, 0.2) is 0 Å². The molecule has 0 radical (unpaired) electrons. The fourth-order valence-electron chi connectivity index (χ4n) is 4.30. The molecule has 3 aromatic carbocycles. The van der Waals surface area contributed by atoms with E-state index in [4.69, 9.17) is 5.26 Å². The quantitative estimate of drug-likeness (QED) is 0.507. The Hall–Kier alpha value is -3.55. The summed E-state index contributed by atoms with van der Waals surface area (Å²) in [6, 6.07) is 25.3. The van der Waals surface area contributed by atoms with Crippen LogP contribution < -0.4 is 0 Å². The lowest BCUT2D eigenvalue weighted by molar-refractivity contribution is 0.295. The molecule has 1 aromatic heterocycles. The lowest BCUT2D eigenvalue weighted by atomic mass is 9.83. The third kappa shape index (κ3) is 3.26. The van der Waals surface area contributed by atoms with Gasteiger partial charge in [-0.1, -0.05) is 36.4 Å². The average Bonchev–Trinajstić information content (AvgIpc) is 2.78. The molecule has 0 N–H and O–H groups in total. The van der Waals surface area contributed by atoms with Crippen molar-refractivity contribution in [3.05, 3.63) is 95.2 Å². The molecular formula is C25H20N4. The molecular weight excluding hydrogens is 356 g/mol. The van der Waals surface area contributed by atoms with Gasteiger partial charge in [0, 0.05) is 30.8 Å². The molecule has 4 aromatic rings. The lowest BCUT2D eigenvalue weighted by Gasteiger charge is -2.33. The van der Waals surface area contributed by atoms with Crippen LogP contribution in [0.5, 0.6) is 0 Å². The van der Waals surface area contributed by atoms with Crippen molar-refractivity contribution >= 4 is 10.8 Å². The Morgan fingerprint density at radius 1 is 1.00 bits per heavy atom. The Bertz CT molecular complexity index is 1240. The molecule has 0 aliphatic carbocycles. The number of nitrogens with zero attached hydrogens (tertiary/aromatic N) is 4. The average molecular weight is 376 g/mol. The number of aromatic nitrogens is 2.